The molecule has 1 aromatic carbocycles. The van der Waals surface area contributed by atoms with Crippen LogP contribution >= 0.6 is 11.3 Å². The molecule has 136 valence electrons. The van der Waals surface area contributed by atoms with Gasteiger partial charge in [-0.1, -0.05) is 12.1 Å². The Morgan fingerprint density at radius 2 is 2.00 bits per heavy atom. The fourth-order valence-electron chi connectivity index (χ4n) is 2.45. The summed E-state index contributed by atoms with van der Waals surface area (Å²) < 4.78 is 1.74. The van der Waals surface area contributed by atoms with Crippen LogP contribution in [0.1, 0.15) is 21.1 Å². The molecule has 26 heavy (non-hydrogen) atoms. The number of thiazole rings is 1. The molecule has 0 fully saturated rings. The highest BCUT2D eigenvalue weighted by molar-refractivity contribution is 7.11. The molecular weight excluding hydrogens is 346 g/mol. The van der Waals surface area contributed by atoms with E-state index in [0.29, 0.717) is 6.54 Å². The van der Waals surface area contributed by atoms with Crippen molar-refractivity contribution in [2.24, 2.45) is 4.99 Å². The van der Waals surface area contributed by atoms with Crippen LogP contribution in [0.2, 0.25) is 0 Å². The number of aryl methyl sites for hydroxylation is 2. The Bertz CT molecular complexity index is 831. The number of hydrogen-bond donors (Lipinski definition) is 2. The summed E-state index contributed by atoms with van der Waals surface area (Å²) in [5, 5.41) is 11.9. The molecule has 0 aliphatic carbocycles. The van der Waals surface area contributed by atoms with Gasteiger partial charge in [0, 0.05) is 31.4 Å². The number of benzene rings is 1. The predicted molar refractivity (Wildman–Crippen MR) is 105 cm³/mol. The molecule has 2 heterocycles. The molecule has 7 nitrogen and oxygen atoms in total. The summed E-state index contributed by atoms with van der Waals surface area (Å²) in [7, 11) is 1.78. The van der Waals surface area contributed by atoms with Crippen molar-refractivity contribution in [1.29, 1.82) is 0 Å². The zero-order chi connectivity index (χ0) is 18.4. The number of guanidine groups is 1. The monoisotopic (exact) mass is 369 g/mol. The lowest BCUT2D eigenvalue weighted by Gasteiger charge is -2.11. The average Bonchev–Trinajstić information content (AvgIpc) is 3.29. The van der Waals surface area contributed by atoms with Crippen molar-refractivity contribution in [3.63, 3.8) is 0 Å². The van der Waals surface area contributed by atoms with Gasteiger partial charge in [-0.25, -0.2) is 14.6 Å². The van der Waals surface area contributed by atoms with Gasteiger partial charge in [-0.3, -0.25) is 4.99 Å². The van der Waals surface area contributed by atoms with Crippen LogP contribution in [0.4, 0.5) is 0 Å². The average molecular weight is 369 g/mol. The summed E-state index contributed by atoms with van der Waals surface area (Å²) in [6.07, 6.45) is 4.11. The van der Waals surface area contributed by atoms with Crippen LogP contribution in [-0.4, -0.2) is 39.3 Å². The normalized spacial score (nSPS) is 11.6. The third-order valence-electron chi connectivity index (χ3n) is 4.01. The number of nitrogens with zero attached hydrogens (tertiary/aromatic N) is 5. The predicted octanol–water partition coefficient (Wildman–Crippen LogP) is 2.25. The Hall–Kier alpha value is -2.74. The second-order valence-corrected chi connectivity index (χ2v) is 7.15. The lowest BCUT2D eigenvalue weighted by Crippen LogP contribution is -2.37. The largest absolute Gasteiger partial charge is 0.356 e. The zero-order valence-corrected chi connectivity index (χ0v) is 16.0. The Kier molecular flexibility index (Phi) is 5.96. The van der Waals surface area contributed by atoms with Gasteiger partial charge >= 0.3 is 0 Å². The molecule has 0 bridgehead atoms. The van der Waals surface area contributed by atoms with Crippen molar-refractivity contribution >= 4 is 17.3 Å². The lowest BCUT2D eigenvalue weighted by molar-refractivity contribution is 0.790. The van der Waals surface area contributed by atoms with E-state index in [0.717, 1.165) is 35.3 Å². The zero-order valence-electron chi connectivity index (χ0n) is 15.2. The molecule has 3 rings (SSSR count). The summed E-state index contributed by atoms with van der Waals surface area (Å²) >= 11 is 1.76. The Labute approximate surface area is 157 Å². The maximum absolute atomic E-state index is 4.56. The van der Waals surface area contributed by atoms with Crippen molar-refractivity contribution in [2.45, 2.75) is 26.8 Å². The number of nitrogens with one attached hydrogen (secondary N) is 2. The van der Waals surface area contributed by atoms with E-state index in [4.69, 9.17) is 0 Å². The van der Waals surface area contributed by atoms with E-state index in [2.05, 4.69) is 56.7 Å². The van der Waals surface area contributed by atoms with Gasteiger partial charge in [0.15, 0.2) is 5.96 Å². The van der Waals surface area contributed by atoms with Gasteiger partial charge in [0.1, 0.15) is 12.7 Å². The molecule has 2 N–H and O–H groups in total. The molecule has 3 aromatic rings. The molecule has 0 atom stereocenters. The Balaban J connectivity index is 1.46. The first-order valence-corrected chi connectivity index (χ1v) is 9.28. The molecule has 8 heteroatoms. The molecular formula is C18H23N7S. The summed E-state index contributed by atoms with van der Waals surface area (Å²) in [4.78, 5) is 14.1. The van der Waals surface area contributed by atoms with Gasteiger partial charge in [0.25, 0.3) is 0 Å². The first-order valence-electron chi connectivity index (χ1n) is 8.47. The highest BCUT2D eigenvalue weighted by Crippen LogP contribution is 2.16. The standard InChI is InChI=1S/C18H23N7S/c1-13-14(2)26-17(24-13)8-9-21-18(19-3)22-10-15-4-6-16(7-5-15)25-12-20-11-23-25/h4-7,11-12H,8-10H2,1-3H3,(H2,19,21,22). The van der Waals surface area contributed by atoms with Gasteiger partial charge in [0.2, 0.25) is 0 Å². The first-order chi connectivity index (χ1) is 12.7. The third kappa shape index (κ3) is 4.66. The molecule has 2 aromatic heterocycles. The highest BCUT2D eigenvalue weighted by atomic mass is 32.1. The molecule has 0 amide bonds. The van der Waals surface area contributed by atoms with Crippen LogP contribution in [0.25, 0.3) is 5.69 Å². The van der Waals surface area contributed by atoms with Crippen LogP contribution in [0.5, 0.6) is 0 Å². The number of aromatic nitrogens is 4. The third-order valence-corrected chi connectivity index (χ3v) is 5.14. The molecule has 0 saturated carbocycles. The van der Waals surface area contributed by atoms with Gasteiger partial charge < -0.3 is 10.6 Å². The summed E-state index contributed by atoms with van der Waals surface area (Å²) in [5.74, 6) is 0.787. The van der Waals surface area contributed by atoms with E-state index in [-0.39, 0.29) is 0 Å². The second-order valence-electron chi connectivity index (χ2n) is 5.86. The lowest BCUT2D eigenvalue weighted by atomic mass is 10.2. The highest BCUT2D eigenvalue weighted by Gasteiger charge is 2.04. The van der Waals surface area contributed by atoms with Crippen molar-refractivity contribution in [3.8, 4) is 5.69 Å². The second kappa shape index (κ2) is 8.57. The molecule has 0 aliphatic rings. The van der Waals surface area contributed by atoms with E-state index >= 15 is 0 Å². The van der Waals surface area contributed by atoms with E-state index < -0.39 is 0 Å². The Morgan fingerprint density at radius 1 is 1.19 bits per heavy atom. The molecule has 0 aliphatic heterocycles. The van der Waals surface area contributed by atoms with Crippen molar-refractivity contribution in [1.82, 2.24) is 30.4 Å². The fourth-order valence-corrected chi connectivity index (χ4v) is 3.38. The maximum atomic E-state index is 4.56. The van der Waals surface area contributed by atoms with Gasteiger partial charge in [0.05, 0.1) is 16.4 Å². The minimum absolute atomic E-state index is 0.701. The quantitative estimate of drug-likeness (QED) is 0.515. The van der Waals surface area contributed by atoms with Gasteiger partial charge in [-0.15, -0.1) is 11.3 Å². The molecule has 0 saturated heterocycles. The summed E-state index contributed by atoms with van der Waals surface area (Å²) in [6.45, 7) is 5.67. The topological polar surface area (TPSA) is 80.0 Å². The molecule has 0 spiro atoms. The smallest absolute Gasteiger partial charge is 0.191 e. The maximum Gasteiger partial charge on any atom is 0.191 e. The minimum atomic E-state index is 0.701. The number of hydrogen-bond acceptors (Lipinski definition) is 5. The van der Waals surface area contributed by atoms with Crippen LogP contribution in [0, 0.1) is 13.8 Å². The Morgan fingerprint density at radius 3 is 2.62 bits per heavy atom. The summed E-state index contributed by atoms with van der Waals surface area (Å²) in [5.41, 5.74) is 3.28. The summed E-state index contributed by atoms with van der Waals surface area (Å²) in [6, 6.07) is 8.18. The van der Waals surface area contributed by atoms with Crippen LogP contribution < -0.4 is 10.6 Å². The van der Waals surface area contributed by atoms with Crippen LogP contribution in [0.15, 0.2) is 41.9 Å². The molecule has 0 unspecified atom stereocenters. The van der Waals surface area contributed by atoms with E-state index in [9.17, 15) is 0 Å². The number of aliphatic imine (C=N–C) groups is 1. The fraction of sp³-hybridized carbons (Fsp3) is 0.333. The number of rotatable bonds is 6. The minimum Gasteiger partial charge on any atom is -0.356 e. The SMILES string of the molecule is CN=C(NCCc1nc(C)c(C)s1)NCc1ccc(-n2cncn2)cc1. The van der Waals surface area contributed by atoms with Crippen molar-refractivity contribution in [2.75, 3.05) is 13.6 Å². The first kappa shape index (κ1) is 18.1. The van der Waals surface area contributed by atoms with Crippen LogP contribution in [0.3, 0.4) is 0 Å². The van der Waals surface area contributed by atoms with Gasteiger partial charge in [-0.2, -0.15) is 5.10 Å². The molecule has 0 radical (unpaired) electrons. The van der Waals surface area contributed by atoms with Crippen LogP contribution in [-0.2, 0) is 13.0 Å². The van der Waals surface area contributed by atoms with Crippen molar-refractivity contribution in [3.05, 3.63) is 58.1 Å². The van der Waals surface area contributed by atoms with Gasteiger partial charge in [-0.05, 0) is 31.5 Å². The van der Waals surface area contributed by atoms with E-state index in [1.165, 1.54) is 16.8 Å². The van der Waals surface area contributed by atoms with Crippen molar-refractivity contribution < 1.29 is 0 Å². The van der Waals surface area contributed by atoms with E-state index in [1.807, 2.05) is 12.1 Å². The van der Waals surface area contributed by atoms with E-state index in [1.54, 1.807) is 29.4 Å².